The molecule has 1 heterocycles. The van der Waals surface area contributed by atoms with Gasteiger partial charge in [-0.2, -0.15) is 4.99 Å². The molecule has 1 aromatic heterocycles. The normalized spacial score (nSPS) is 12.0. The molecule has 0 aliphatic carbocycles. The zero-order chi connectivity index (χ0) is 28.0. The number of nitrogens with one attached hydrogen (secondary N) is 1. The molecule has 1 N–H and O–H groups in total. The standard InChI is InChI=1S/C28H29N3O6S2/c1-4-36-16-15-31-24-14-11-21(27(33)37-5-2)18-25(24)38-28(31)29-26(32)20-7-6-8-22(17-20)30-39(34,35)23-12-9-19(3)10-13-23/h6-14,17-18,30H,4-5,15-16H2,1-3H3. The first kappa shape index (κ1) is 28.2. The molecule has 4 rings (SSSR count). The summed E-state index contributed by atoms with van der Waals surface area (Å²) >= 11 is 1.27. The predicted octanol–water partition coefficient (Wildman–Crippen LogP) is 4.77. The largest absolute Gasteiger partial charge is 0.462 e. The van der Waals surface area contributed by atoms with Crippen molar-refractivity contribution in [2.45, 2.75) is 32.2 Å². The third-order valence-corrected chi connectivity index (χ3v) is 8.19. The highest BCUT2D eigenvalue weighted by Crippen LogP contribution is 2.21. The topological polar surface area (TPSA) is 116 Å². The number of sulfonamides is 1. The number of benzene rings is 3. The van der Waals surface area contributed by atoms with Crippen LogP contribution in [0.5, 0.6) is 0 Å². The molecule has 39 heavy (non-hydrogen) atoms. The van der Waals surface area contributed by atoms with Crippen LogP contribution in [0, 0.1) is 6.92 Å². The molecule has 4 aromatic rings. The fraction of sp³-hybridized carbons (Fsp3) is 0.250. The summed E-state index contributed by atoms with van der Waals surface area (Å²) in [6, 6.07) is 17.9. The van der Waals surface area contributed by atoms with Crippen LogP contribution in [0.15, 0.2) is 76.6 Å². The number of hydrogen-bond donors (Lipinski definition) is 1. The molecular formula is C28H29N3O6S2. The Kier molecular flexibility index (Phi) is 8.95. The number of nitrogens with zero attached hydrogens (tertiary/aromatic N) is 2. The van der Waals surface area contributed by atoms with E-state index in [1.165, 1.54) is 29.5 Å². The second-order valence-corrected chi connectivity index (χ2v) is 11.2. The van der Waals surface area contributed by atoms with E-state index < -0.39 is 21.9 Å². The number of carbonyl (C=O) groups is 2. The highest BCUT2D eigenvalue weighted by Gasteiger charge is 2.16. The molecule has 1 amide bonds. The second-order valence-electron chi connectivity index (χ2n) is 8.55. The smallest absolute Gasteiger partial charge is 0.338 e. The van der Waals surface area contributed by atoms with Gasteiger partial charge in [0.1, 0.15) is 0 Å². The van der Waals surface area contributed by atoms with Gasteiger partial charge >= 0.3 is 5.97 Å². The quantitative estimate of drug-likeness (QED) is 0.218. The van der Waals surface area contributed by atoms with Gasteiger partial charge in [0.2, 0.25) is 0 Å². The Morgan fingerprint density at radius 2 is 1.74 bits per heavy atom. The maximum Gasteiger partial charge on any atom is 0.338 e. The van der Waals surface area contributed by atoms with Crippen LogP contribution in [0.25, 0.3) is 10.2 Å². The zero-order valence-corrected chi connectivity index (χ0v) is 23.5. The minimum atomic E-state index is -3.83. The van der Waals surface area contributed by atoms with Crippen LogP contribution in [0.4, 0.5) is 5.69 Å². The van der Waals surface area contributed by atoms with Gasteiger partial charge in [0.25, 0.3) is 15.9 Å². The molecule has 9 nitrogen and oxygen atoms in total. The summed E-state index contributed by atoms with van der Waals surface area (Å²) in [5.41, 5.74) is 2.63. The summed E-state index contributed by atoms with van der Waals surface area (Å²) in [5.74, 6) is -0.957. The lowest BCUT2D eigenvalue weighted by molar-refractivity contribution is 0.0526. The van der Waals surface area contributed by atoms with Crippen LogP contribution in [0.1, 0.15) is 40.1 Å². The fourth-order valence-corrected chi connectivity index (χ4v) is 5.96. The molecule has 0 aliphatic heterocycles. The van der Waals surface area contributed by atoms with Gasteiger partial charge in [-0.05, 0) is 69.3 Å². The maximum atomic E-state index is 13.2. The summed E-state index contributed by atoms with van der Waals surface area (Å²) in [5, 5.41) is 0. The van der Waals surface area contributed by atoms with E-state index in [9.17, 15) is 18.0 Å². The summed E-state index contributed by atoms with van der Waals surface area (Å²) in [7, 11) is -3.83. The molecule has 3 aromatic carbocycles. The van der Waals surface area contributed by atoms with Gasteiger partial charge in [0, 0.05) is 24.4 Å². The summed E-state index contributed by atoms with van der Waals surface area (Å²) in [4.78, 5) is 30.3. The van der Waals surface area contributed by atoms with E-state index >= 15 is 0 Å². The number of aryl methyl sites for hydroxylation is 1. The average Bonchev–Trinajstić information content (AvgIpc) is 3.25. The summed E-state index contributed by atoms with van der Waals surface area (Å²) in [6.07, 6.45) is 0. The monoisotopic (exact) mass is 567 g/mol. The predicted molar refractivity (Wildman–Crippen MR) is 151 cm³/mol. The van der Waals surface area contributed by atoms with Crippen LogP contribution in [-0.2, 0) is 26.0 Å². The average molecular weight is 568 g/mol. The van der Waals surface area contributed by atoms with E-state index in [2.05, 4.69) is 9.71 Å². The number of fused-ring (bicyclic) bond motifs is 1. The van der Waals surface area contributed by atoms with Crippen LogP contribution in [0.2, 0.25) is 0 Å². The highest BCUT2D eigenvalue weighted by atomic mass is 32.2. The van der Waals surface area contributed by atoms with Gasteiger partial charge < -0.3 is 14.0 Å². The molecule has 11 heteroatoms. The first-order chi connectivity index (χ1) is 18.7. The molecule has 0 aliphatic rings. The van der Waals surface area contributed by atoms with Gasteiger partial charge in [-0.15, -0.1) is 0 Å². The van der Waals surface area contributed by atoms with Gasteiger partial charge in [-0.3, -0.25) is 9.52 Å². The van der Waals surface area contributed by atoms with Crippen LogP contribution in [-0.4, -0.2) is 44.7 Å². The number of carbonyl (C=O) groups excluding carboxylic acids is 2. The number of thiazole rings is 1. The summed E-state index contributed by atoms with van der Waals surface area (Å²) in [6.45, 7) is 7.20. The lowest BCUT2D eigenvalue weighted by atomic mass is 10.2. The minimum absolute atomic E-state index is 0.123. The molecule has 204 valence electrons. The molecule has 0 fully saturated rings. The Morgan fingerprint density at radius 1 is 0.974 bits per heavy atom. The number of ether oxygens (including phenoxy) is 2. The van der Waals surface area contributed by atoms with E-state index in [1.54, 1.807) is 55.5 Å². The Morgan fingerprint density at radius 3 is 2.46 bits per heavy atom. The Bertz CT molecular complexity index is 1670. The first-order valence-electron chi connectivity index (χ1n) is 12.4. The molecule has 0 unspecified atom stereocenters. The van der Waals surface area contributed by atoms with Crippen molar-refractivity contribution in [1.29, 1.82) is 0 Å². The third-order valence-electron chi connectivity index (χ3n) is 5.75. The minimum Gasteiger partial charge on any atom is -0.462 e. The van der Waals surface area contributed by atoms with E-state index in [4.69, 9.17) is 9.47 Å². The van der Waals surface area contributed by atoms with Gasteiger partial charge in [-0.25, -0.2) is 13.2 Å². The van der Waals surface area contributed by atoms with E-state index in [-0.39, 0.29) is 22.8 Å². The molecular weight excluding hydrogens is 538 g/mol. The van der Waals surface area contributed by atoms with E-state index in [0.717, 1.165) is 15.8 Å². The van der Waals surface area contributed by atoms with E-state index in [1.807, 2.05) is 18.4 Å². The van der Waals surface area contributed by atoms with Crippen molar-refractivity contribution >= 4 is 49.1 Å². The molecule has 0 saturated heterocycles. The van der Waals surface area contributed by atoms with Crippen molar-refractivity contribution in [2.75, 3.05) is 24.5 Å². The van der Waals surface area contributed by atoms with Crippen molar-refractivity contribution in [3.63, 3.8) is 0 Å². The number of anilines is 1. The maximum absolute atomic E-state index is 13.2. The zero-order valence-electron chi connectivity index (χ0n) is 21.8. The molecule has 0 saturated carbocycles. The molecule has 0 bridgehead atoms. The Balaban J connectivity index is 1.67. The molecule has 0 radical (unpaired) electrons. The highest BCUT2D eigenvalue weighted by molar-refractivity contribution is 7.92. The number of rotatable bonds is 10. The first-order valence-corrected chi connectivity index (χ1v) is 14.7. The lowest BCUT2D eigenvalue weighted by Gasteiger charge is -2.09. The summed E-state index contributed by atoms with van der Waals surface area (Å²) < 4.78 is 41.4. The number of esters is 1. The lowest BCUT2D eigenvalue weighted by Crippen LogP contribution is -2.20. The third kappa shape index (κ3) is 6.80. The van der Waals surface area contributed by atoms with Crippen LogP contribution in [0.3, 0.4) is 0 Å². The SMILES string of the molecule is CCOCCn1c(=NC(=O)c2cccc(NS(=O)(=O)c3ccc(C)cc3)c2)sc2cc(C(=O)OCC)ccc21. The van der Waals surface area contributed by atoms with Gasteiger partial charge in [0.05, 0.1) is 33.9 Å². The second kappa shape index (κ2) is 12.4. The van der Waals surface area contributed by atoms with Crippen LogP contribution >= 0.6 is 11.3 Å². The van der Waals surface area contributed by atoms with Crippen molar-refractivity contribution in [1.82, 2.24) is 4.57 Å². The Hall–Kier alpha value is -3.80. The van der Waals surface area contributed by atoms with Crippen molar-refractivity contribution < 1.29 is 27.5 Å². The molecule has 0 atom stereocenters. The number of hydrogen-bond acceptors (Lipinski definition) is 7. The molecule has 0 spiro atoms. The van der Waals surface area contributed by atoms with E-state index in [0.29, 0.717) is 30.1 Å². The van der Waals surface area contributed by atoms with Gasteiger partial charge in [-0.1, -0.05) is 35.1 Å². The van der Waals surface area contributed by atoms with Crippen LogP contribution < -0.4 is 9.52 Å². The Labute approximate surface area is 230 Å². The number of amides is 1. The fourth-order valence-electron chi connectivity index (χ4n) is 3.81. The van der Waals surface area contributed by atoms with Gasteiger partial charge in [0.15, 0.2) is 4.80 Å². The van der Waals surface area contributed by atoms with Crippen molar-refractivity contribution in [3.8, 4) is 0 Å². The van der Waals surface area contributed by atoms with Crippen molar-refractivity contribution in [2.24, 2.45) is 4.99 Å². The van der Waals surface area contributed by atoms with Crippen molar-refractivity contribution in [3.05, 3.63) is 88.2 Å². The number of aromatic nitrogens is 1.